The number of benzene rings is 4. The molecule has 0 saturated heterocycles. The van der Waals surface area contributed by atoms with Crippen molar-refractivity contribution >= 4 is 60.5 Å². The van der Waals surface area contributed by atoms with Crippen LogP contribution in [0.15, 0.2) is 91.0 Å². The summed E-state index contributed by atoms with van der Waals surface area (Å²) in [5.74, 6) is 0. The Balaban J connectivity index is 1.77. The van der Waals surface area contributed by atoms with Gasteiger partial charge in [-0.1, -0.05) is 0 Å². The quantitative estimate of drug-likeness (QED) is 0.365. The third-order valence-electron chi connectivity index (χ3n) is 5.88. The number of fused-ring (bicyclic) bond motifs is 1. The van der Waals surface area contributed by atoms with E-state index in [2.05, 4.69) is 108 Å². The third kappa shape index (κ3) is 3.74. The fourth-order valence-corrected chi connectivity index (χ4v) is 17.6. The molecule has 0 unspecified atom stereocenters. The Morgan fingerprint density at radius 3 is 2.07 bits per heavy atom. The van der Waals surface area contributed by atoms with Crippen molar-refractivity contribution in [2.75, 3.05) is 0 Å². The average Bonchev–Trinajstić information content (AvgIpc) is 2.70. The average molecular weight is 518 g/mol. The monoisotopic (exact) mass is 520 g/mol. The summed E-state index contributed by atoms with van der Waals surface area (Å²) < 4.78 is 6.51. The van der Waals surface area contributed by atoms with Gasteiger partial charge in [-0.15, -0.1) is 0 Å². The zero-order chi connectivity index (χ0) is 18.9. The van der Waals surface area contributed by atoms with Gasteiger partial charge in [-0.25, -0.2) is 0 Å². The molecule has 0 nitrogen and oxygen atoms in total. The molecule has 2 heteroatoms. The summed E-state index contributed by atoms with van der Waals surface area (Å²) in [5, 5.41) is 2.83. The minimum atomic E-state index is -2.54. The molecule has 0 bridgehead atoms. The Kier molecular flexibility index (Phi) is 5.47. The fourth-order valence-electron chi connectivity index (χ4n) is 4.21. The van der Waals surface area contributed by atoms with E-state index in [-0.39, 0.29) is 0 Å². The van der Waals surface area contributed by atoms with Crippen LogP contribution in [0, 0.1) is 6.92 Å². The zero-order valence-electron chi connectivity index (χ0n) is 16.4. The van der Waals surface area contributed by atoms with Gasteiger partial charge in [0.2, 0.25) is 0 Å². The predicted molar refractivity (Wildman–Crippen MR) is 126 cm³/mol. The van der Waals surface area contributed by atoms with E-state index >= 15 is 0 Å². The van der Waals surface area contributed by atoms with Crippen molar-refractivity contribution in [3.05, 3.63) is 96.6 Å². The van der Waals surface area contributed by atoms with Gasteiger partial charge in [0, 0.05) is 0 Å². The Bertz CT molecular complexity index is 1080. The van der Waals surface area contributed by atoms with E-state index in [0.29, 0.717) is 0 Å². The molecule has 0 amide bonds. The topological polar surface area (TPSA) is 0 Å². The normalized spacial score (nSPS) is 12.1. The standard InChI is InChI=1S/C17H15Ge.C6H5.2CH3.Sn/c1-13-7-2-5-11-16(13)18-17-12-6-9-14-8-3-4-10-15(14)17;1-2-4-6-5-3-1;;;/h2-6,8-12H,18H2,1H3;1-5H;2*1H3;. The van der Waals surface area contributed by atoms with E-state index < -0.39 is 33.8 Å². The first-order chi connectivity index (χ1) is 13.1. The summed E-state index contributed by atoms with van der Waals surface area (Å²) in [6.07, 6.45) is 0. The van der Waals surface area contributed by atoms with Crippen LogP contribution in [0.2, 0.25) is 9.88 Å². The molecular weight excluding hydrogens is 492 g/mol. The molecule has 0 heterocycles. The third-order valence-corrected chi connectivity index (χ3v) is 20.8. The van der Waals surface area contributed by atoms with Crippen LogP contribution in [0.1, 0.15) is 5.56 Å². The maximum absolute atomic E-state index is 2.56. The van der Waals surface area contributed by atoms with E-state index in [1.165, 1.54) is 10.8 Å². The van der Waals surface area contributed by atoms with Crippen molar-refractivity contribution in [2.45, 2.75) is 16.8 Å². The molecule has 134 valence electrons. The maximum atomic E-state index is 2.56. The number of hydrogen-bond acceptors (Lipinski definition) is 0. The van der Waals surface area contributed by atoms with E-state index in [0.717, 1.165) is 0 Å². The van der Waals surface area contributed by atoms with Crippen molar-refractivity contribution in [3.8, 4) is 0 Å². The SMILES string of the molecule is Cc1[c]([GeH2][c]2cccc3ccccc23)ccc[c]1[Sn]([CH3])([CH3])[c]1ccccc1. The van der Waals surface area contributed by atoms with Crippen molar-refractivity contribution in [1.29, 1.82) is 0 Å². The number of hydrogen-bond donors (Lipinski definition) is 0. The van der Waals surface area contributed by atoms with E-state index in [1.54, 1.807) is 21.5 Å². The van der Waals surface area contributed by atoms with Gasteiger partial charge in [-0.05, 0) is 0 Å². The first-order valence-electron chi connectivity index (χ1n) is 9.68. The van der Waals surface area contributed by atoms with Crippen LogP contribution in [0.3, 0.4) is 0 Å². The summed E-state index contributed by atoms with van der Waals surface area (Å²) in [7, 11) is 0. The van der Waals surface area contributed by atoms with E-state index in [4.69, 9.17) is 0 Å². The molecular formula is C25H26GeSn. The van der Waals surface area contributed by atoms with Crippen LogP contribution in [-0.4, -0.2) is 33.8 Å². The molecule has 0 aliphatic heterocycles. The molecule has 0 fully saturated rings. The van der Waals surface area contributed by atoms with E-state index in [1.807, 2.05) is 0 Å². The summed E-state index contributed by atoms with van der Waals surface area (Å²) in [5.41, 5.74) is 1.58. The van der Waals surface area contributed by atoms with Crippen LogP contribution in [0.25, 0.3) is 10.8 Å². The molecule has 0 aliphatic rings. The van der Waals surface area contributed by atoms with Crippen molar-refractivity contribution in [3.63, 3.8) is 0 Å². The second kappa shape index (κ2) is 7.84. The molecule has 0 atom stereocenters. The van der Waals surface area contributed by atoms with Crippen molar-refractivity contribution < 1.29 is 0 Å². The fraction of sp³-hybridized carbons (Fsp3) is 0.120. The van der Waals surface area contributed by atoms with Crippen LogP contribution >= 0.6 is 0 Å². The van der Waals surface area contributed by atoms with Crippen molar-refractivity contribution in [1.82, 2.24) is 0 Å². The van der Waals surface area contributed by atoms with Crippen LogP contribution in [0.4, 0.5) is 0 Å². The van der Waals surface area contributed by atoms with E-state index in [9.17, 15) is 0 Å². The molecule has 4 aromatic rings. The second-order valence-electron chi connectivity index (χ2n) is 7.90. The molecule has 4 rings (SSSR count). The summed E-state index contributed by atoms with van der Waals surface area (Å²) >= 11 is -3.58. The van der Waals surface area contributed by atoms with Gasteiger partial charge in [-0.2, -0.15) is 0 Å². The predicted octanol–water partition coefficient (Wildman–Crippen LogP) is 3.09. The molecule has 0 aliphatic carbocycles. The van der Waals surface area contributed by atoms with Crippen molar-refractivity contribution in [2.24, 2.45) is 0 Å². The molecule has 27 heavy (non-hydrogen) atoms. The van der Waals surface area contributed by atoms with Gasteiger partial charge < -0.3 is 0 Å². The Morgan fingerprint density at radius 1 is 0.630 bits per heavy atom. The Hall–Kier alpha value is -1.52. The summed E-state index contributed by atoms with van der Waals surface area (Å²) in [6, 6.07) is 34.0. The molecule has 0 spiro atoms. The van der Waals surface area contributed by atoms with Gasteiger partial charge in [0.05, 0.1) is 0 Å². The summed E-state index contributed by atoms with van der Waals surface area (Å²) in [6.45, 7) is 2.38. The first kappa shape index (κ1) is 18.8. The number of rotatable bonds is 4. The van der Waals surface area contributed by atoms with Gasteiger partial charge in [0.1, 0.15) is 0 Å². The first-order valence-corrected chi connectivity index (χ1v) is 21.2. The van der Waals surface area contributed by atoms with Gasteiger partial charge in [0.25, 0.3) is 0 Å². The summed E-state index contributed by atoms with van der Waals surface area (Å²) in [4.78, 5) is 5.11. The molecule has 0 N–H and O–H groups in total. The Labute approximate surface area is 173 Å². The zero-order valence-corrected chi connectivity index (χ0v) is 22.2. The van der Waals surface area contributed by atoms with Crippen LogP contribution in [0.5, 0.6) is 0 Å². The molecule has 4 aromatic carbocycles. The molecule has 0 radical (unpaired) electrons. The minimum absolute atomic E-state index is 1.04. The molecule has 0 aromatic heterocycles. The second-order valence-corrected chi connectivity index (χ2v) is 24.3. The molecule has 0 saturated carbocycles. The van der Waals surface area contributed by atoms with Crippen LogP contribution < -0.4 is 16.0 Å². The van der Waals surface area contributed by atoms with Gasteiger partial charge >= 0.3 is 174 Å². The van der Waals surface area contributed by atoms with Gasteiger partial charge in [-0.3, -0.25) is 0 Å². The van der Waals surface area contributed by atoms with Crippen LogP contribution in [-0.2, 0) is 0 Å². The van der Waals surface area contributed by atoms with Gasteiger partial charge in [0.15, 0.2) is 0 Å². The Morgan fingerprint density at radius 2 is 1.26 bits per heavy atom.